The van der Waals surface area contributed by atoms with Crippen molar-refractivity contribution in [1.82, 2.24) is 20.8 Å². The fraction of sp³-hybridized carbons (Fsp3) is 0.118. The summed E-state index contributed by atoms with van der Waals surface area (Å²) in [6.07, 6.45) is 3.30. The van der Waals surface area contributed by atoms with E-state index in [1.54, 1.807) is 36.5 Å². The van der Waals surface area contributed by atoms with Gasteiger partial charge in [-0.1, -0.05) is 12.1 Å². The van der Waals surface area contributed by atoms with Crippen LogP contribution in [0.5, 0.6) is 0 Å². The summed E-state index contributed by atoms with van der Waals surface area (Å²) in [5.74, 6) is -0.644. The number of carbonyl (C=O) groups excluding carboxylic acids is 2. The molecule has 7 nitrogen and oxygen atoms in total. The predicted octanol–water partition coefficient (Wildman–Crippen LogP) is 2.20. The van der Waals surface area contributed by atoms with Gasteiger partial charge in [-0.25, -0.2) is 9.37 Å². The zero-order valence-electron chi connectivity index (χ0n) is 13.1. The number of hydrogen-bond donors (Lipinski definition) is 3. The minimum atomic E-state index is -0.448. The number of hydrazine groups is 1. The van der Waals surface area contributed by atoms with Gasteiger partial charge in [0.2, 0.25) is 5.91 Å². The van der Waals surface area contributed by atoms with Crippen molar-refractivity contribution in [3.8, 4) is 11.3 Å². The number of hydrogen-bond acceptors (Lipinski definition) is 4. The molecule has 0 aliphatic rings. The van der Waals surface area contributed by atoms with Gasteiger partial charge in [-0.3, -0.25) is 20.4 Å². The van der Waals surface area contributed by atoms with Gasteiger partial charge in [0, 0.05) is 19.0 Å². The quantitative estimate of drug-likeness (QED) is 0.619. The third-order valence-electron chi connectivity index (χ3n) is 3.42. The molecule has 0 saturated carbocycles. The fourth-order valence-electron chi connectivity index (χ4n) is 2.16. The molecule has 3 aromatic rings. The fourth-order valence-corrected chi connectivity index (χ4v) is 2.16. The van der Waals surface area contributed by atoms with Crippen molar-refractivity contribution in [2.24, 2.45) is 0 Å². The first kappa shape index (κ1) is 16.4. The number of H-pyrrole nitrogens is 1. The van der Waals surface area contributed by atoms with Crippen LogP contribution >= 0.6 is 0 Å². The average molecular weight is 342 g/mol. The Morgan fingerprint density at radius 1 is 1.16 bits per heavy atom. The molecule has 2 aromatic heterocycles. The molecule has 1 aromatic carbocycles. The number of halogens is 1. The maximum absolute atomic E-state index is 13.7. The molecule has 3 rings (SSSR count). The van der Waals surface area contributed by atoms with Crippen molar-refractivity contribution >= 4 is 11.8 Å². The summed E-state index contributed by atoms with van der Waals surface area (Å²) in [6.45, 7) is 0. The van der Waals surface area contributed by atoms with Crippen LogP contribution in [0.2, 0.25) is 0 Å². The van der Waals surface area contributed by atoms with E-state index >= 15 is 0 Å². The molecule has 0 radical (unpaired) electrons. The molecular formula is C17H15FN4O3. The first-order valence-electron chi connectivity index (χ1n) is 7.55. The van der Waals surface area contributed by atoms with E-state index in [-0.39, 0.29) is 12.8 Å². The first-order valence-corrected chi connectivity index (χ1v) is 7.55. The normalized spacial score (nSPS) is 10.4. The Balaban J connectivity index is 1.50. The molecule has 0 bridgehead atoms. The van der Waals surface area contributed by atoms with Gasteiger partial charge in [-0.05, 0) is 24.3 Å². The Kier molecular flexibility index (Phi) is 4.89. The van der Waals surface area contributed by atoms with Crippen molar-refractivity contribution in [3.05, 3.63) is 66.2 Å². The lowest BCUT2D eigenvalue weighted by Crippen LogP contribution is -2.41. The van der Waals surface area contributed by atoms with Crippen LogP contribution in [0.3, 0.4) is 0 Å². The van der Waals surface area contributed by atoms with Crippen LogP contribution < -0.4 is 10.9 Å². The van der Waals surface area contributed by atoms with E-state index < -0.39 is 17.6 Å². The molecule has 0 unspecified atom stereocenters. The van der Waals surface area contributed by atoms with E-state index in [1.807, 2.05) is 0 Å². The number of aromatic amines is 1. The number of amides is 2. The number of nitrogens with one attached hydrogen (secondary N) is 3. The third-order valence-corrected chi connectivity index (χ3v) is 3.42. The van der Waals surface area contributed by atoms with Crippen LogP contribution in [-0.4, -0.2) is 21.8 Å². The standard InChI is InChI=1S/C17H15FN4O3/c18-12-5-2-1-4-11(12)14-10-20-16(25-14)8-7-15(23)21-22-17(24)13-6-3-9-19-13/h1-6,9-10,19H,7-8H2,(H,21,23)(H,22,24). The SMILES string of the molecule is O=C(CCc1ncc(-c2ccccc2F)o1)NNC(=O)c1ccc[nH]1. The summed E-state index contributed by atoms with van der Waals surface area (Å²) >= 11 is 0. The zero-order chi connectivity index (χ0) is 17.6. The number of benzene rings is 1. The van der Waals surface area contributed by atoms with Crippen molar-refractivity contribution in [1.29, 1.82) is 0 Å². The predicted molar refractivity (Wildman–Crippen MR) is 86.6 cm³/mol. The lowest BCUT2D eigenvalue weighted by Gasteiger charge is -2.05. The topological polar surface area (TPSA) is 100 Å². The Labute approximate surface area is 142 Å². The summed E-state index contributed by atoms with van der Waals surface area (Å²) in [4.78, 5) is 30.2. The molecule has 0 fully saturated rings. The van der Waals surface area contributed by atoms with E-state index in [1.165, 1.54) is 12.3 Å². The number of oxazole rings is 1. The van der Waals surface area contributed by atoms with E-state index in [0.717, 1.165) is 0 Å². The molecule has 0 atom stereocenters. The van der Waals surface area contributed by atoms with E-state index in [0.29, 0.717) is 22.9 Å². The maximum Gasteiger partial charge on any atom is 0.286 e. The molecule has 8 heteroatoms. The highest BCUT2D eigenvalue weighted by molar-refractivity contribution is 5.93. The highest BCUT2D eigenvalue weighted by atomic mass is 19.1. The number of aromatic nitrogens is 2. The van der Waals surface area contributed by atoms with Crippen LogP contribution in [0, 0.1) is 5.82 Å². The number of aryl methyl sites for hydroxylation is 1. The summed E-state index contributed by atoms with van der Waals surface area (Å²) in [7, 11) is 0. The Bertz CT molecular complexity index is 874. The molecular weight excluding hydrogens is 327 g/mol. The molecule has 25 heavy (non-hydrogen) atoms. The lowest BCUT2D eigenvalue weighted by atomic mass is 10.2. The van der Waals surface area contributed by atoms with Crippen LogP contribution in [0.1, 0.15) is 22.8 Å². The first-order chi connectivity index (χ1) is 12.1. The van der Waals surface area contributed by atoms with Gasteiger partial charge in [-0.2, -0.15) is 0 Å². The van der Waals surface area contributed by atoms with E-state index in [2.05, 4.69) is 20.8 Å². The lowest BCUT2D eigenvalue weighted by molar-refractivity contribution is -0.121. The molecule has 0 saturated heterocycles. The second-order valence-corrected chi connectivity index (χ2v) is 5.18. The smallest absolute Gasteiger partial charge is 0.286 e. The zero-order valence-corrected chi connectivity index (χ0v) is 13.1. The van der Waals surface area contributed by atoms with Crippen LogP contribution in [0.15, 0.2) is 53.2 Å². The third kappa shape index (κ3) is 4.11. The highest BCUT2D eigenvalue weighted by Crippen LogP contribution is 2.23. The Morgan fingerprint density at radius 3 is 2.76 bits per heavy atom. The molecule has 2 amide bonds. The monoisotopic (exact) mass is 342 g/mol. The molecule has 0 aliphatic carbocycles. The number of nitrogens with zero attached hydrogens (tertiary/aromatic N) is 1. The van der Waals surface area contributed by atoms with Gasteiger partial charge in [-0.15, -0.1) is 0 Å². The van der Waals surface area contributed by atoms with Crippen LogP contribution in [0.25, 0.3) is 11.3 Å². The van der Waals surface area contributed by atoms with E-state index in [9.17, 15) is 14.0 Å². The van der Waals surface area contributed by atoms with Gasteiger partial charge in [0.25, 0.3) is 5.91 Å². The second-order valence-electron chi connectivity index (χ2n) is 5.18. The molecule has 2 heterocycles. The summed E-state index contributed by atoms with van der Waals surface area (Å²) < 4.78 is 19.2. The van der Waals surface area contributed by atoms with Gasteiger partial charge in [0.15, 0.2) is 11.7 Å². The Hall–Kier alpha value is -3.42. The second kappa shape index (κ2) is 7.43. The van der Waals surface area contributed by atoms with Gasteiger partial charge < -0.3 is 9.40 Å². The van der Waals surface area contributed by atoms with Crippen LogP contribution in [-0.2, 0) is 11.2 Å². The maximum atomic E-state index is 13.7. The van der Waals surface area contributed by atoms with Gasteiger partial charge in [0.1, 0.15) is 11.5 Å². The minimum Gasteiger partial charge on any atom is -0.441 e. The summed E-state index contributed by atoms with van der Waals surface area (Å²) in [6, 6.07) is 9.45. The molecule has 128 valence electrons. The average Bonchev–Trinajstić information content (AvgIpc) is 3.30. The van der Waals surface area contributed by atoms with Crippen molar-refractivity contribution < 1.29 is 18.4 Å². The van der Waals surface area contributed by atoms with Crippen LogP contribution in [0.4, 0.5) is 4.39 Å². The highest BCUT2D eigenvalue weighted by Gasteiger charge is 2.12. The summed E-state index contributed by atoms with van der Waals surface area (Å²) in [5.41, 5.74) is 5.23. The van der Waals surface area contributed by atoms with Crippen molar-refractivity contribution in [2.45, 2.75) is 12.8 Å². The Morgan fingerprint density at radius 2 is 2.00 bits per heavy atom. The molecule has 0 spiro atoms. The van der Waals surface area contributed by atoms with Crippen molar-refractivity contribution in [2.75, 3.05) is 0 Å². The molecule has 3 N–H and O–H groups in total. The number of carbonyl (C=O) groups is 2. The summed E-state index contributed by atoms with van der Waals surface area (Å²) in [5, 5.41) is 0. The number of rotatable bonds is 5. The largest absolute Gasteiger partial charge is 0.441 e. The minimum absolute atomic E-state index is 0.0578. The van der Waals surface area contributed by atoms with Gasteiger partial charge in [0.05, 0.1) is 11.8 Å². The van der Waals surface area contributed by atoms with Gasteiger partial charge >= 0.3 is 0 Å². The molecule has 0 aliphatic heterocycles. The van der Waals surface area contributed by atoms with Crippen molar-refractivity contribution in [3.63, 3.8) is 0 Å². The van der Waals surface area contributed by atoms with E-state index in [4.69, 9.17) is 4.42 Å².